The molecular weight excluding hydrogens is 656 g/mol. The maximum atomic E-state index is 11.4. The Morgan fingerprint density at radius 3 is 1.71 bits per heavy atom. The van der Waals surface area contributed by atoms with Crippen molar-refractivity contribution in [2.75, 3.05) is 25.7 Å². The van der Waals surface area contributed by atoms with Crippen molar-refractivity contribution in [3.05, 3.63) is 68.6 Å². The van der Waals surface area contributed by atoms with E-state index in [1.807, 2.05) is 30.3 Å². The Labute approximate surface area is 226 Å². The second-order valence-electron chi connectivity index (χ2n) is 6.38. The van der Waals surface area contributed by atoms with Crippen LogP contribution in [-0.2, 0) is 51.2 Å². The standard InChI is InChI=1S/C10H12BrNO4S.C7H8BrN.C3H5ClO4S/c1-16-10(13)7-17(14,15)12-6-8-3-2-4-9(11)5-8;8-7-3-1-2-6(4-7)5-9;1-8-3(5)2-9(4,6)7/h2-5,12H,6-7H2,1H3;1-4H,5,9H2;2H2,1H3. The van der Waals surface area contributed by atoms with Gasteiger partial charge in [0.15, 0.2) is 11.5 Å². The average Bonchev–Trinajstić information content (AvgIpc) is 2.77. The summed E-state index contributed by atoms with van der Waals surface area (Å²) < 4.78 is 55.6. The molecule has 2 aromatic carbocycles. The molecule has 0 spiro atoms. The first-order valence-corrected chi connectivity index (χ1v) is 15.1. The molecule has 196 valence electrons. The lowest BCUT2D eigenvalue weighted by Crippen LogP contribution is -2.30. The third-order valence-corrected chi connectivity index (χ3v) is 6.66. The molecule has 0 aliphatic carbocycles. The summed E-state index contributed by atoms with van der Waals surface area (Å²) in [6, 6.07) is 15.2. The number of carbonyl (C=O) groups is 2. The predicted molar refractivity (Wildman–Crippen MR) is 140 cm³/mol. The lowest BCUT2D eigenvalue weighted by atomic mass is 10.2. The van der Waals surface area contributed by atoms with Gasteiger partial charge in [-0.05, 0) is 35.4 Å². The summed E-state index contributed by atoms with van der Waals surface area (Å²) in [5.41, 5.74) is 7.35. The van der Waals surface area contributed by atoms with Crippen LogP contribution < -0.4 is 10.5 Å². The van der Waals surface area contributed by atoms with Crippen LogP contribution in [0.3, 0.4) is 0 Å². The summed E-state index contributed by atoms with van der Waals surface area (Å²) in [4.78, 5) is 21.0. The number of hydrogen-bond acceptors (Lipinski definition) is 9. The summed E-state index contributed by atoms with van der Waals surface area (Å²) in [5, 5.41) is 0. The number of methoxy groups -OCH3 is 2. The molecule has 2 rings (SSSR count). The van der Waals surface area contributed by atoms with Crippen LogP contribution in [0, 0.1) is 0 Å². The van der Waals surface area contributed by atoms with Crippen molar-refractivity contribution >= 4 is 73.6 Å². The molecule has 35 heavy (non-hydrogen) atoms. The van der Waals surface area contributed by atoms with E-state index in [0.29, 0.717) is 6.54 Å². The highest BCUT2D eigenvalue weighted by Gasteiger charge is 2.16. The van der Waals surface area contributed by atoms with Crippen molar-refractivity contribution in [3.63, 3.8) is 0 Å². The molecule has 0 aliphatic rings. The molecule has 0 fully saturated rings. The van der Waals surface area contributed by atoms with Crippen molar-refractivity contribution in [1.29, 1.82) is 0 Å². The summed E-state index contributed by atoms with van der Waals surface area (Å²) >= 11 is 6.63. The Hall–Kier alpha value is -1.55. The van der Waals surface area contributed by atoms with Gasteiger partial charge in [-0.3, -0.25) is 9.59 Å². The fourth-order valence-electron chi connectivity index (χ4n) is 1.97. The highest BCUT2D eigenvalue weighted by molar-refractivity contribution is 9.10. The molecule has 0 radical (unpaired) electrons. The summed E-state index contributed by atoms with van der Waals surface area (Å²) in [6.45, 7) is 0.748. The van der Waals surface area contributed by atoms with Crippen LogP contribution >= 0.6 is 42.5 Å². The normalized spacial score (nSPS) is 10.7. The van der Waals surface area contributed by atoms with E-state index in [2.05, 4.69) is 56.7 Å². The van der Waals surface area contributed by atoms with Gasteiger partial charge in [0.2, 0.25) is 19.1 Å². The molecule has 0 atom stereocenters. The Bertz CT molecular complexity index is 1180. The molecule has 0 amide bonds. The number of hydrogen-bond donors (Lipinski definition) is 2. The van der Waals surface area contributed by atoms with E-state index in [1.165, 1.54) is 0 Å². The highest BCUT2D eigenvalue weighted by Crippen LogP contribution is 2.12. The molecule has 0 unspecified atom stereocenters. The minimum Gasteiger partial charge on any atom is -0.468 e. The molecule has 15 heteroatoms. The summed E-state index contributed by atoms with van der Waals surface area (Å²) in [6.07, 6.45) is 0. The molecule has 2 aromatic rings. The number of esters is 2. The van der Waals surface area contributed by atoms with Gasteiger partial charge in [-0.2, -0.15) is 0 Å². The first-order valence-electron chi connectivity index (χ1n) is 9.43. The number of benzene rings is 2. The number of sulfonamides is 1. The number of carbonyl (C=O) groups excluding carboxylic acids is 2. The van der Waals surface area contributed by atoms with E-state index in [1.54, 1.807) is 18.2 Å². The van der Waals surface area contributed by atoms with Gasteiger partial charge in [0.05, 0.1) is 14.2 Å². The monoisotopic (exact) mass is 678 g/mol. The van der Waals surface area contributed by atoms with E-state index in [4.69, 9.17) is 5.73 Å². The van der Waals surface area contributed by atoms with Gasteiger partial charge >= 0.3 is 11.9 Å². The lowest BCUT2D eigenvalue weighted by molar-refractivity contribution is -0.138. The van der Waals surface area contributed by atoms with Gasteiger partial charge in [-0.1, -0.05) is 56.1 Å². The van der Waals surface area contributed by atoms with Crippen LogP contribution in [0.1, 0.15) is 11.1 Å². The molecule has 0 heterocycles. The quantitative estimate of drug-likeness (QED) is 0.316. The third-order valence-electron chi connectivity index (χ3n) is 3.56. The lowest BCUT2D eigenvalue weighted by Gasteiger charge is -2.06. The zero-order valence-electron chi connectivity index (χ0n) is 18.7. The number of rotatable bonds is 8. The first kappa shape index (κ1) is 33.4. The van der Waals surface area contributed by atoms with Crippen molar-refractivity contribution in [3.8, 4) is 0 Å². The molecule has 0 saturated carbocycles. The van der Waals surface area contributed by atoms with E-state index in [9.17, 15) is 26.4 Å². The number of nitrogens with two attached hydrogens (primary N) is 1. The Balaban J connectivity index is 0.000000543. The SMILES string of the molecule is COC(=O)CS(=O)(=O)Cl.COC(=O)CS(=O)(=O)NCc1cccc(Br)c1.NCc1cccc(Br)c1. The van der Waals surface area contributed by atoms with Gasteiger partial charge in [-0.25, -0.2) is 21.6 Å². The van der Waals surface area contributed by atoms with Crippen LogP contribution in [0.25, 0.3) is 0 Å². The Morgan fingerprint density at radius 2 is 1.34 bits per heavy atom. The summed E-state index contributed by atoms with van der Waals surface area (Å²) in [7, 11) is -0.471. The number of nitrogens with one attached hydrogen (secondary N) is 1. The molecule has 0 aliphatic heterocycles. The smallest absolute Gasteiger partial charge is 0.322 e. The van der Waals surface area contributed by atoms with Gasteiger partial charge in [0.25, 0.3) is 0 Å². The summed E-state index contributed by atoms with van der Waals surface area (Å²) in [5.74, 6) is -3.08. The van der Waals surface area contributed by atoms with Crippen molar-refractivity contribution in [2.45, 2.75) is 13.1 Å². The second kappa shape index (κ2) is 17.0. The Morgan fingerprint density at radius 1 is 0.886 bits per heavy atom. The molecule has 0 saturated heterocycles. The fraction of sp³-hybridized carbons (Fsp3) is 0.300. The van der Waals surface area contributed by atoms with Crippen LogP contribution in [-0.4, -0.2) is 54.5 Å². The number of halogens is 3. The van der Waals surface area contributed by atoms with Crippen LogP contribution in [0.15, 0.2) is 57.5 Å². The second-order valence-corrected chi connectivity index (χ2v) is 12.8. The van der Waals surface area contributed by atoms with Crippen LogP contribution in [0.4, 0.5) is 0 Å². The first-order chi connectivity index (χ1) is 16.2. The maximum absolute atomic E-state index is 11.4. The van der Waals surface area contributed by atoms with Gasteiger partial charge in [0.1, 0.15) is 0 Å². The zero-order valence-corrected chi connectivity index (χ0v) is 24.3. The van der Waals surface area contributed by atoms with Crippen molar-refractivity contribution in [2.24, 2.45) is 5.73 Å². The Kier molecular flexibility index (Phi) is 16.2. The zero-order chi connectivity index (χ0) is 27.1. The minimum atomic E-state index is -3.74. The fourth-order valence-corrected chi connectivity index (χ4v) is 4.45. The predicted octanol–water partition coefficient (Wildman–Crippen LogP) is 2.68. The molecule has 0 aromatic heterocycles. The van der Waals surface area contributed by atoms with Crippen molar-refractivity contribution < 1.29 is 35.9 Å². The number of ether oxygens (including phenoxy) is 2. The van der Waals surface area contributed by atoms with Crippen LogP contribution in [0.2, 0.25) is 0 Å². The van der Waals surface area contributed by atoms with Gasteiger partial charge in [-0.15, -0.1) is 0 Å². The van der Waals surface area contributed by atoms with Crippen LogP contribution in [0.5, 0.6) is 0 Å². The van der Waals surface area contributed by atoms with Gasteiger partial charge < -0.3 is 15.2 Å². The average molecular weight is 681 g/mol. The molecule has 10 nitrogen and oxygen atoms in total. The van der Waals surface area contributed by atoms with E-state index < -0.39 is 42.5 Å². The molecule has 0 bridgehead atoms. The molecule has 3 N–H and O–H groups in total. The highest BCUT2D eigenvalue weighted by atomic mass is 79.9. The van der Waals surface area contributed by atoms with Gasteiger partial charge in [0, 0.05) is 32.7 Å². The minimum absolute atomic E-state index is 0.138. The van der Waals surface area contributed by atoms with E-state index >= 15 is 0 Å². The van der Waals surface area contributed by atoms with E-state index in [-0.39, 0.29) is 6.54 Å². The third kappa shape index (κ3) is 18.4. The van der Waals surface area contributed by atoms with E-state index in [0.717, 1.165) is 34.3 Å². The topological polar surface area (TPSA) is 159 Å². The van der Waals surface area contributed by atoms with Crippen molar-refractivity contribution in [1.82, 2.24) is 4.72 Å². The largest absolute Gasteiger partial charge is 0.468 e. The molecular formula is C20H25Br2ClN2O8S2. The maximum Gasteiger partial charge on any atom is 0.322 e.